The average molecular weight is 757 g/mol. The molecule has 0 aromatic carbocycles. The lowest BCUT2D eigenvalue weighted by molar-refractivity contribution is -0.290. The van der Waals surface area contributed by atoms with Crippen molar-refractivity contribution in [2.45, 2.75) is 142 Å². The molecule has 52 heavy (non-hydrogen) atoms. The number of nitrogens with one attached hydrogen (secondary N) is 2. The van der Waals surface area contributed by atoms with Gasteiger partial charge >= 0.3 is 0 Å². The van der Waals surface area contributed by atoms with Crippen LogP contribution in [0.5, 0.6) is 0 Å². The summed E-state index contributed by atoms with van der Waals surface area (Å²) in [4.78, 5) is 12.8. The number of aliphatic hydroxyl groups excluding tert-OH is 7. The molecule has 3 saturated heterocycles. The number of nitrogens with two attached hydrogens (primary N) is 6. The second-order valence-electron chi connectivity index (χ2n) is 13.8. The Bertz CT molecular complexity index is 1090. The van der Waals surface area contributed by atoms with Gasteiger partial charge in [0.15, 0.2) is 25.0 Å². The van der Waals surface area contributed by atoms with Gasteiger partial charge in [0.2, 0.25) is 0 Å². The molecule has 0 aromatic rings. The van der Waals surface area contributed by atoms with Crippen LogP contribution >= 0.6 is 0 Å². The summed E-state index contributed by atoms with van der Waals surface area (Å²) in [6, 6.07) is -4.01. The summed E-state index contributed by atoms with van der Waals surface area (Å²) in [5, 5.41) is 79.7. The van der Waals surface area contributed by atoms with Crippen LogP contribution in [0.1, 0.15) is 25.7 Å². The van der Waals surface area contributed by atoms with E-state index < -0.39 is 129 Å². The summed E-state index contributed by atoms with van der Waals surface area (Å²) in [5.41, 5.74) is 35.6. The lowest BCUT2D eigenvalue weighted by Crippen LogP contribution is -2.67. The monoisotopic (exact) mass is 756 g/mol. The van der Waals surface area contributed by atoms with Gasteiger partial charge in [0.25, 0.3) is 5.91 Å². The molecule has 21 N–H and O–H groups in total. The summed E-state index contributed by atoms with van der Waals surface area (Å²) in [6.07, 6.45) is -18.4. The summed E-state index contributed by atoms with van der Waals surface area (Å²) in [5.74, 6) is -1.03. The predicted molar refractivity (Wildman–Crippen MR) is 178 cm³/mol. The molecular formula is C30H60N8O14. The highest BCUT2D eigenvalue weighted by Gasteiger charge is 2.54. The first kappa shape index (κ1) is 43.4. The molecule has 0 aromatic heterocycles. The van der Waals surface area contributed by atoms with Crippen molar-refractivity contribution in [3.05, 3.63) is 0 Å². The fourth-order valence-electron chi connectivity index (χ4n) is 6.80. The number of rotatable bonds is 17. The van der Waals surface area contributed by atoms with E-state index in [0.717, 1.165) is 6.42 Å². The first-order valence-electron chi connectivity index (χ1n) is 17.8. The largest absolute Gasteiger partial charge is 0.394 e. The Morgan fingerprint density at radius 1 is 0.788 bits per heavy atom. The van der Waals surface area contributed by atoms with Crippen LogP contribution in [-0.2, 0) is 33.2 Å². The highest BCUT2D eigenvalue weighted by molar-refractivity contribution is 5.81. The molecule has 4 aliphatic rings. The molecule has 1 saturated carbocycles. The van der Waals surface area contributed by atoms with E-state index in [2.05, 4.69) is 10.6 Å². The van der Waals surface area contributed by atoms with Gasteiger partial charge in [-0.1, -0.05) is 0 Å². The highest BCUT2D eigenvalue weighted by Crippen LogP contribution is 2.34. The summed E-state index contributed by atoms with van der Waals surface area (Å²) in [6.45, 7) is 0.425. The van der Waals surface area contributed by atoms with Crippen molar-refractivity contribution >= 4 is 5.91 Å². The van der Waals surface area contributed by atoms with E-state index in [9.17, 15) is 40.5 Å². The fourth-order valence-corrected chi connectivity index (χ4v) is 6.80. The number of hydrogen-bond acceptors (Lipinski definition) is 21. The fraction of sp³-hybridized carbons (Fsp3) is 0.967. The zero-order chi connectivity index (χ0) is 38.3. The predicted octanol–water partition coefficient (Wildman–Crippen LogP) is -9.02. The molecule has 0 spiro atoms. The average Bonchev–Trinajstić information content (AvgIpc) is 3.43. The van der Waals surface area contributed by atoms with Gasteiger partial charge in [0, 0.05) is 25.7 Å². The normalized spacial score (nSPS) is 44.0. The minimum absolute atomic E-state index is 0.0959. The van der Waals surface area contributed by atoms with Crippen LogP contribution in [0.25, 0.3) is 0 Å². The number of carbonyl (C=O) groups is 1. The van der Waals surface area contributed by atoms with E-state index in [1.54, 1.807) is 0 Å². The highest BCUT2D eigenvalue weighted by atomic mass is 16.8. The Morgan fingerprint density at radius 3 is 2.12 bits per heavy atom. The Labute approximate surface area is 301 Å². The van der Waals surface area contributed by atoms with Crippen LogP contribution in [-0.4, -0.2) is 197 Å². The molecule has 4 rings (SSSR count). The van der Waals surface area contributed by atoms with Crippen molar-refractivity contribution < 1.29 is 69.0 Å². The van der Waals surface area contributed by atoms with Crippen molar-refractivity contribution in [1.82, 2.24) is 10.6 Å². The van der Waals surface area contributed by atoms with E-state index >= 15 is 0 Å². The first-order chi connectivity index (χ1) is 24.8. The summed E-state index contributed by atoms with van der Waals surface area (Å²) < 4.78 is 36.0. The van der Waals surface area contributed by atoms with E-state index in [0.29, 0.717) is 32.5 Å². The molecule has 22 nitrogen and oxygen atoms in total. The zero-order valence-corrected chi connectivity index (χ0v) is 29.0. The second kappa shape index (κ2) is 20.0. The zero-order valence-electron chi connectivity index (χ0n) is 29.0. The maximum atomic E-state index is 12.8. The molecule has 1 amide bonds. The molecule has 0 radical (unpaired) electrons. The number of amides is 1. The molecule has 22 heteroatoms. The molecule has 19 atom stereocenters. The van der Waals surface area contributed by atoms with Gasteiger partial charge in [-0.25, -0.2) is 0 Å². The Morgan fingerprint density at radius 2 is 1.46 bits per heavy atom. The van der Waals surface area contributed by atoms with Crippen molar-refractivity contribution in [3.63, 3.8) is 0 Å². The molecular weight excluding hydrogens is 696 g/mol. The Balaban J connectivity index is 1.54. The second-order valence-corrected chi connectivity index (χ2v) is 13.8. The minimum Gasteiger partial charge on any atom is -0.394 e. The van der Waals surface area contributed by atoms with Crippen molar-refractivity contribution in [1.29, 1.82) is 0 Å². The van der Waals surface area contributed by atoms with E-state index in [-0.39, 0.29) is 19.1 Å². The quantitative estimate of drug-likeness (QED) is 0.0613. The number of ether oxygens (including phenoxy) is 6. The molecule has 3 aliphatic heterocycles. The SMILES string of the molecule is NCCCNC[C@@H]1CC[C@@H](N)[C@@H](O[C@H]2[C@H](O[C@@H]3O[C@H](CO)[C@@H](O[C@H]4O[C@@H](CN)[C@@H](O)[C@H](O)[C@H]4N)[C@H]3O)[C@@H](O)[C@H](NC(=O)[C@@H](O)[C@@H](O)CN)C[C@@H]2N)O1. The van der Waals surface area contributed by atoms with Crippen LogP contribution in [0.15, 0.2) is 0 Å². The van der Waals surface area contributed by atoms with Gasteiger partial charge in [0.05, 0.1) is 30.8 Å². The third-order valence-corrected chi connectivity index (χ3v) is 9.98. The number of aliphatic hydroxyl groups is 7. The van der Waals surface area contributed by atoms with E-state index in [1.165, 1.54) is 0 Å². The van der Waals surface area contributed by atoms with Crippen molar-refractivity contribution in [2.24, 2.45) is 34.4 Å². The van der Waals surface area contributed by atoms with Gasteiger partial charge in [-0.3, -0.25) is 4.79 Å². The molecule has 3 heterocycles. The summed E-state index contributed by atoms with van der Waals surface area (Å²) >= 11 is 0. The third-order valence-electron chi connectivity index (χ3n) is 9.98. The minimum atomic E-state index is -1.92. The number of hydrogen-bond donors (Lipinski definition) is 15. The van der Waals surface area contributed by atoms with Gasteiger partial charge in [-0.2, -0.15) is 0 Å². The molecule has 4 fully saturated rings. The van der Waals surface area contributed by atoms with Crippen LogP contribution in [0.2, 0.25) is 0 Å². The first-order valence-corrected chi connectivity index (χ1v) is 17.8. The number of carbonyl (C=O) groups excluding carboxylic acids is 1. The van der Waals surface area contributed by atoms with Crippen LogP contribution in [0.3, 0.4) is 0 Å². The van der Waals surface area contributed by atoms with Crippen LogP contribution < -0.4 is 45.0 Å². The van der Waals surface area contributed by atoms with Crippen molar-refractivity contribution in [2.75, 3.05) is 39.3 Å². The van der Waals surface area contributed by atoms with E-state index in [1.807, 2.05) is 0 Å². The summed E-state index contributed by atoms with van der Waals surface area (Å²) in [7, 11) is 0. The van der Waals surface area contributed by atoms with Crippen LogP contribution in [0, 0.1) is 0 Å². The van der Waals surface area contributed by atoms with Crippen LogP contribution in [0.4, 0.5) is 0 Å². The topological polar surface area (TPSA) is 394 Å². The maximum Gasteiger partial charge on any atom is 0.251 e. The lowest BCUT2D eigenvalue weighted by Gasteiger charge is -2.46. The Kier molecular flexibility index (Phi) is 16.7. The molecule has 1 aliphatic carbocycles. The van der Waals surface area contributed by atoms with Gasteiger partial charge in [-0.05, 0) is 38.8 Å². The lowest BCUT2D eigenvalue weighted by atomic mass is 9.83. The Hall–Kier alpha value is -1.33. The third kappa shape index (κ3) is 10.3. The maximum absolute atomic E-state index is 12.8. The molecule has 304 valence electrons. The van der Waals surface area contributed by atoms with Gasteiger partial charge < -0.3 is 109 Å². The standard InChI is InChI=1S/C30H60N8O14/c31-4-1-5-37-9-11-2-3-12(34)28(47-11)50-24-13(35)6-14(38-27(46)20(42)15(40)7-32)19(41)26(24)52-30-23(45)25(17(10-39)49-30)51-29-18(36)22(44)21(43)16(8-33)48-29/h11-26,28-30,37,39-45H,1-10,31-36H2,(H,38,46)/t11-,12+,13-,14+,15-,16-,17+,18+,19-,20-,21+,22+,23+,24+,25+,26+,28+,29+,30-/m0/s1. The smallest absolute Gasteiger partial charge is 0.251 e. The van der Waals surface area contributed by atoms with Gasteiger partial charge in [0.1, 0.15) is 61.0 Å². The van der Waals surface area contributed by atoms with E-state index in [4.69, 9.17) is 62.8 Å². The van der Waals surface area contributed by atoms with Crippen molar-refractivity contribution in [3.8, 4) is 0 Å². The molecule has 0 bridgehead atoms. The molecule has 0 unspecified atom stereocenters. The van der Waals surface area contributed by atoms with Gasteiger partial charge in [-0.15, -0.1) is 0 Å².